The van der Waals surface area contributed by atoms with Crippen molar-refractivity contribution < 1.29 is 0 Å². The molecule has 0 spiro atoms. The summed E-state index contributed by atoms with van der Waals surface area (Å²) in [6.07, 6.45) is 5.00. The van der Waals surface area contributed by atoms with E-state index in [-0.39, 0.29) is 11.2 Å². The van der Waals surface area contributed by atoms with Gasteiger partial charge < -0.3 is 0 Å². The molecule has 1 aliphatic rings. The standard InChI is InChI=1S/C22H19N3O2S2/c1-24-20-18(21(26)25(2)22(24)27)17(15-7-9-29-12-15)16-5-3-4-14(19(16)23-20)10-13-6-8-28-11-13/h6-12H,3-5H2,1-2H3/b14-10+. The second-order valence-corrected chi connectivity index (χ2v) is 8.87. The number of hydrogen-bond donors (Lipinski definition) is 0. The van der Waals surface area contributed by atoms with Crippen molar-refractivity contribution in [2.24, 2.45) is 14.1 Å². The summed E-state index contributed by atoms with van der Waals surface area (Å²) in [5.41, 5.74) is 6.12. The van der Waals surface area contributed by atoms with Gasteiger partial charge in [0.05, 0.1) is 11.1 Å². The lowest BCUT2D eigenvalue weighted by Crippen LogP contribution is -2.38. The number of pyridine rings is 1. The zero-order chi connectivity index (χ0) is 20.1. The maximum atomic E-state index is 13.1. The molecule has 7 heteroatoms. The summed E-state index contributed by atoms with van der Waals surface area (Å²) >= 11 is 3.27. The molecule has 0 aliphatic heterocycles. The lowest BCUT2D eigenvalue weighted by molar-refractivity contribution is 0.705. The summed E-state index contributed by atoms with van der Waals surface area (Å²) in [4.78, 5) is 30.6. The van der Waals surface area contributed by atoms with Crippen LogP contribution in [0.5, 0.6) is 0 Å². The van der Waals surface area contributed by atoms with Crippen LogP contribution in [0.2, 0.25) is 0 Å². The van der Waals surface area contributed by atoms with Crippen molar-refractivity contribution in [3.05, 3.63) is 71.3 Å². The van der Waals surface area contributed by atoms with Gasteiger partial charge in [-0.2, -0.15) is 22.7 Å². The molecule has 0 bridgehead atoms. The Hall–Kier alpha value is -2.77. The minimum absolute atomic E-state index is 0.284. The van der Waals surface area contributed by atoms with E-state index < -0.39 is 0 Å². The molecule has 0 amide bonds. The number of aryl methyl sites for hydroxylation is 1. The Morgan fingerprint density at radius 1 is 1.03 bits per heavy atom. The maximum absolute atomic E-state index is 13.1. The van der Waals surface area contributed by atoms with Crippen LogP contribution in [0.4, 0.5) is 0 Å². The van der Waals surface area contributed by atoms with Crippen LogP contribution in [0, 0.1) is 0 Å². The lowest BCUT2D eigenvalue weighted by Gasteiger charge is -2.23. The molecule has 0 unspecified atom stereocenters. The van der Waals surface area contributed by atoms with E-state index in [1.54, 1.807) is 29.7 Å². The predicted molar refractivity (Wildman–Crippen MR) is 121 cm³/mol. The quantitative estimate of drug-likeness (QED) is 0.485. The van der Waals surface area contributed by atoms with E-state index >= 15 is 0 Å². The minimum Gasteiger partial charge on any atom is -0.280 e. The second-order valence-electron chi connectivity index (χ2n) is 7.31. The number of aromatic nitrogens is 3. The highest BCUT2D eigenvalue weighted by Gasteiger charge is 2.26. The van der Waals surface area contributed by atoms with E-state index in [4.69, 9.17) is 4.98 Å². The van der Waals surface area contributed by atoms with Gasteiger partial charge in [0.1, 0.15) is 0 Å². The van der Waals surface area contributed by atoms with E-state index in [2.05, 4.69) is 28.3 Å². The molecule has 1 aliphatic carbocycles. The van der Waals surface area contributed by atoms with E-state index in [0.29, 0.717) is 11.0 Å². The van der Waals surface area contributed by atoms with Gasteiger partial charge >= 0.3 is 5.69 Å². The fourth-order valence-electron chi connectivity index (χ4n) is 4.13. The zero-order valence-corrected chi connectivity index (χ0v) is 17.8. The first kappa shape index (κ1) is 18.3. The van der Waals surface area contributed by atoms with Crippen LogP contribution in [0.3, 0.4) is 0 Å². The van der Waals surface area contributed by atoms with Crippen LogP contribution in [-0.4, -0.2) is 14.1 Å². The summed E-state index contributed by atoms with van der Waals surface area (Å²) in [6, 6.07) is 4.14. The monoisotopic (exact) mass is 421 g/mol. The first-order valence-electron chi connectivity index (χ1n) is 9.44. The Morgan fingerprint density at radius 3 is 2.55 bits per heavy atom. The summed E-state index contributed by atoms with van der Waals surface area (Å²) in [7, 11) is 3.22. The van der Waals surface area contributed by atoms with Crippen molar-refractivity contribution in [3.63, 3.8) is 0 Å². The topological polar surface area (TPSA) is 56.9 Å². The lowest BCUT2D eigenvalue weighted by atomic mass is 9.85. The summed E-state index contributed by atoms with van der Waals surface area (Å²) in [5, 5.41) is 8.80. The first-order valence-corrected chi connectivity index (χ1v) is 11.3. The Morgan fingerprint density at radius 2 is 1.83 bits per heavy atom. The SMILES string of the molecule is Cn1c(=O)c2c(-c3ccsc3)c3c(nc2n(C)c1=O)/C(=C/c1ccsc1)CCC3. The molecule has 0 N–H and O–H groups in total. The molecule has 0 atom stereocenters. The fraction of sp³-hybridized carbons (Fsp3) is 0.227. The molecule has 0 fully saturated rings. The number of thiophene rings is 2. The number of hydrogen-bond acceptors (Lipinski definition) is 5. The molecule has 0 aromatic carbocycles. The van der Waals surface area contributed by atoms with Gasteiger partial charge in [0.2, 0.25) is 0 Å². The fourth-order valence-corrected chi connectivity index (χ4v) is 5.40. The van der Waals surface area contributed by atoms with Gasteiger partial charge in [-0.05, 0) is 81.3 Å². The van der Waals surface area contributed by atoms with Crippen molar-refractivity contribution in [2.45, 2.75) is 19.3 Å². The molecule has 4 heterocycles. The van der Waals surface area contributed by atoms with E-state index in [0.717, 1.165) is 52.8 Å². The Bertz CT molecular complexity index is 1370. The maximum Gasteiger partial charge on any atom is 0.332 e. The molecule has 5 rings (SSSR count). The molecule has 0 saturated heterocycles. The van der Waals surface area contributed by atoms with Crippen LogP contribution < -0.4 is 11.2 Å². The van der Waals surface area contributed by atoms with Gasteiger partial charge in [0.25, 0.3) is 5.56 Å². The van der Waals surface area contributed by atoms with Gasteiger partial charge in [0.15, 0.2) is 5.65 Å². The minimum atomic E-state index is -0.356. The van der Waals surface area contributed by atoms with Crippen LogP contribution in [0.1, 0.15) is 29.7 Å². The normalized spacial score (nSPS) is 15.2. The predicted octanol–water partition coefficient (Wildman–Crippen LogP) is 4.30. The smallest absolute Gasteiger partial charge is 0.280 e. The number of allylic oxidation sites excluding steroid dienone is 1. The number of nitrogens with zero attached hydrogens (tertiary/aromatic N) is 3. The average Bonchev–Trinajstić information content (AvgIpc) is 3.44. The second kappa shape index (κ2) is 6.93. The third kappa shape index (κ3) is 2.84. The molecule has 4 aromatic heterocycles. The molecular formula is C22H19N3O2S2. The van der Waals surface area contributed by atoms with E-state index in [9.17, 15) is 9.59 Å². The van der Waals surface area contributed by atoms with Gasteiger partial charge in [-0.25, -0.2) is 9.78 Å². The van der Waals surface area contributed by atoms with Crippen LogP contribution in [0.25, 0.3) is 33.8 Å². The third-order valence-electron chi connectivity index (χ3n) is 5.56. The third-order valence-corrected chi connectivity index (χ3v) is 6.94. The van der Waals surface area contributed by atoms with E-state index in [1.807, 2.05) is 11.4 Å². The summed E-state index contributed by atoms with van der Waals surface area (Å²) < 4.78 is 2.67. The van der Waals surface area contributed by atoms with Crippen LogP contribution in [-0.2, 0) is 20.5 Å². The Balaban J connectivity index is 1.95. The Labute approximate surface area is 175 Å². The average molecular weight is 422 g/mol. The zero-order valence-electron chi connectivity index (χ0n) is 16.1. The van der Waals surface area contributed by atoms with Crippen molar-refractivity contribution in [2.75, 3.05) is 0 Å². The number of fused-ring (bicyclic) bond motifs is 2. The van der Waals surface area contributed by atoms with Crippen LogP contribution >= 0.6 is 22.7 Å². The van der Waals surface area contributed by atoms with Gasteiger partial charge in [-0.15, -0.1) is 0 Å². The largest absolute Gasteiger partial charge is 0.332 e. The molecule has 0 radical (unpaired) electrons. The van der Waals surface area contributed by atoms with Crippen molar-refractivity contribution >= 4 is 45.4 Å². The summed E-state index contributed by atoms with van der Waals surface area (Å²) in [6.45, 7) is 0. The summed E-state index contributed by atoms with van der Waals surface area (Å²) in [5.74, 6) is 0. The van der Waals surface area contributed by atoms with Gasteiger partial charge in [0, 0.05) is 19.7 Å². The highest BCUT2D eigenvalue weighted by atomic mass is 32.1. The Kier molecular flexibility index (Phi) is 4.37. The van der Waals surface area contributed by atoms with Crippen molar-refractivity contribution in [3.8, 4) is 11.1 Å². The molecule has 5 nitrogen and oxygen atoms in total. The van der Waals surface area contributed by atoms with Crippen LogP contribution in [0.15, 0.2) is 43.2 Å². The first-order chi connectivity index (χ1) is 14.1. The van der Waals surface area contributed by atoms with Crippen molar-refractivity contribution in [1.82, 2.24) is 14.1 Å². The molecule has 29 heavy (non-hydrogen) atoms. The van der Waals surface area contributed by atoms with E-state index in [1.165, 1.54) is 16.2 Å². The van der Waals surface area contributed by atoms with Gasteiger partial charge in [-0.3, -0.25) is 13.9 Å². The molecular weight excluding hydrogens is 402 g/mol. The molecule has 0 saturated carbocycles. The molecule has 146 valence electrons. The molecule has 4 aromatic rings. The highest BCUT2D eigenvalue weighted by molar-refractivity contribution is 7.08. The number of rotatable bonds is 2. The van der Waals surface area contributed by atoms with Crippen molar-refractivity contribution in [1.29, 1.82) is 0 Å². The highest BCUT2D eigenvalue weighted by Crippen LogP contribution is 2.40. The van der Waals surface area contributed by atoms with Gasteiger partial charge in [-0.1, -0.05) is 0 Å².